The van der Waals surface area contributed by atoms with Gasteiger partial charge in [-0.25, -0.2) is 14.5 Å². The van der Waals surface area contributed by atoms with Gasteiger partial charge >= 0.3 is 6.03 Å². The lowest BCUT2D eigenvalue weighted by Gasteiger charge is -2.11. The maximum Gasteiger partial charge on any atom is 0.315 e. The molecule has 0 saturated carbocycles. The van der Waals surface area contributed by atoms with E-state index in [1.54, 1.807) is 18.1 Å². The SMILES string of the molecule is CO[C@H](C)CNC(=O)NCc1ccc(-n2cncn2)cc1. The molecule has 0 radical (unpaired) electrons. The van der Waals surface area contributed by atoms with Crippen LogP contribution in [0.5, 0.6) is 0 Å². The first-order chi connectivity index (χ1) is 10.2. The third-order valence-electron chi connectivity index (χ3n) is 3.03. The monoisotopic (exact) mass is 289 g/mol. The predicted octanol–water partition coefficient (Wildman–Crippen LogP) is 1.10. The molecule has 1 aromatic carbocycles. The Hall–Kier alpha value is -2.41. The van der Waals surface area contributed by atoms with Gasteiger partial charge in [-0.05, 0) is 24.6 Å². The molecule has 1 heterocycles. The van der Waals surface area contributed by atoms with Gasteiger partial charge in [0.05, 0.1) is 11.8 Å². The van der Waals surface area contributed by atoms with Gasteiger partial charge < -0.3 is 15.4 Å². The number of hydrogen-bond acceptors (Lipinski definition) is 4. The minimum Gasteiger partial charge on any atom is -0.380 e. The largest absolute Gasteiger partial charge is 0.380 e. The number of methoxy groups -OCH3 is 1. The molecule has 2 rings (SSSR count). The summed E-state index contributed by atoms with van der Waals surface area (Å²) in [6, 6.07) is 7.52. The molecule has 1 atom stereocenters. The molecule has 2 amide bonds. The van der Waals surface area contributed by atoms with Gasteiger partial charge in [0, 0.05) is 20.2 Å². The smallest absolute Gasteiger partial charge is 0.315 e. The third-order valence-corrected chi connectivity index (χ3v) is 3.03. The van der Waals surface area contributed by atoms with E-state index in [1.165, 1.54) is 6.33 Å². The van der Waals surface area contributed by atoms with Crippen molar-refractivity contribution in [1.82, 2.24) is 25.4 Å². The van der Waals surface area contributed by atoms with Gasteiger partial charge in [-0.15, -0.1) is 0 Å². The van der Waals surface area contributed by atoms with E-state index in [9.17, 15) is 4.79 Å². The fraction of sp³-hybridized carbons (Fsp3) is 0.357. The number of aromatic nitrogens is 3. The molecule has 0 saturated heterocycles. The Morgan fingerprint density at radius 2 is 2.10 bits per heavy atom. The zero-order valence-electron chi connectivity index (χ0n) is 12.1. The van der Waals surface area contributed by atoms with E-state index in [-0.39, 0.29) is 12.1 Å². The van der Waals surface area contributed by atoms with Crippen LogP contribution in [0, 0.1) is 0 Å². The van der Waals surface area contributed by atoms with Crippen LogP contribution in [0.1, 0.15) is 12.5 Å². The molecule has 2 N–H and O–H groups in total. The molecule has 7 heteroatoms. The first-order valence-electron chi connectivity index (χ1n) is 6.67. The molecule has 112 valence electrons. The lowest BCUT2D eigenvalue weighted by molar-refractivity contribution is 0.118. The molecule has 0 aliphatic rings. The minimum atomic E-state index is -0.209. The van der Waals surface area contributed by atoms with Gasteiger partial charge in [-0.1, -0.05) is 12.1 Å². The van der Waals surface area contributed by atoms with Crippen molar-refractivity contribution < 1.29 is 9.53 Å². The quantitative estimate of drug-likeness (QED) is 0.834. The van der Waals surface area contributed by atoms with Crippen LogP contribution in [0.4, 0.5) is 4.79 Å². The summed E-state index contributed by atoms with van der Waals surface area (Å²) < 4.78 is 6.73. The molecule has 0 aliphatic carbocycles. The first-order valence-corrected chi connectivity index (χ1v) is 6.67. The van der Waals surface area contributed by atoms with Crippen molar-refractivity contribution in [2.75, 3.05) is 13.7 Å². The van der Waals surface area contributed by atoms with Crippen molar-refractivity contribution in [1.29, 1.82) is 0 Å². The Kier molecular flexibility index (Phi) is 5.28. The Bertz CT molecular complexity index is 553. The van der Waals surface area contributed by atoms with E-state index in [0.29, 0.717) is 13.1 Å². The summed E-state index contributed by atoms with van der Waals surface area (Å²) in [5, 5.41) is 9.59. The van der Waals surface area contributed by atoms with Gasteiger partial charge in [-0.3, -0.25) is 0 Å². The fourth-order valence-electron chi connectivity index (χ4n) is 1.67. The Labute approximate surface area is 123 Å². The number of urea groups is 1. The molecular weight excluding hydrogens is 270 g/mol. The van der Waals surface area contributed by atoms with E-state index in [1.807, 2.05) is 31.2 Å². The number of hydrogen-bond donors (Lipinski definition) is 2. The summed E-state index contributed by atoms with van der Waals surface area (Å²) in [5.74, 6) is 0. The van der Waals surface area contributed by atoms with Gasteiger partial charge in [0.15, 0.2) is 0 Å². The Balaban J connectivity index is 1.80. The van der Waals surface area contributed by atoms with E-state index in [2.05, 4.69) is 20.7 Å². The highest BCUT2D eigenvalue weighted by atomic mass is 16.5. The number of amides is 2. The van der Waals surface area contributed by atoms with Crippen molar-refractivity contribution in [2.24, 2.45) is 0 Å². The summed E-state index contributed by atoms with van der Waals surface area (Å²) in [4.78, 5) is 15.5. The lowest BCUT2D eigenvalue weighted by Crippen LogP contribution is -2.39. The molecular formula is C14H19N5O2. The number of nitrogens with zero attached hydrogens (tertiary/aromatic N) is 3. The molecule has 0 fully saturated rings. The van der Waals surface area contributed by atoms with Crippen molar-refractivity contribution in [3.8, 4) is 5.69 Å². The van der Waals surface area contributed by atoms with E-state index < -0.39 is 0 Å². The number of rotatable bonds is 6. The highest BCUT2D eigenvalue weighted by Gasteiger charge is 2.04. The normalized spacial score (nSPS) is 11.9. The molecule has 7 nitrogen and oxygen atoms in total. The van der Waals surface area contributed by atoms with Crippen molar-refractivity contribution in [3.05, 3.63) is 42.5 Å². The van der Waals surface area contributed by atoms with Crippen LogP contribution < -0.4 is 10.6 Å². The standard InChI is InChI=1S/C14H19N5O2/c1-11(21-2)7-16-14(20)17-8-12-3-5-13(6-4-12)19-10-15-9-18-19/h3-6,9-11H,7-8H2,1-2H3,(H2,16,17,20)/t11-/m1/s1. The highest BCUT2D eigenvalue weighted by Crippen LogP contribution is 2.07. The molecule has 0 unspecified atom stereocenters. The van der Waals surface area contributed by atoms with Gasteiger partial charge in [0.25, 0.3) is 0 Å². The second-order valence-electron chi connectivity index (χ2n) is 4.62. The summed E-state index contributed by atoms with van der Waals surface area (Å²) in [6.45, 7) is 2.83. The number of carbonyl (C=O) groups is 1. The number of nitrogens with one attached hydrogen (secondary N) is 2. The zero-order valence-corrected chi connectivity index (χ0v) is 12.1. The minimum absolute atomic E-state index is 0.00212. The van der Waals surface area contributed by atoms with Crippen molar-refractivity contribution in [3.63, 3.8) is 0 Å². The number of ether oxygens (including phenoxy) is 1. The number of carbonyl (C=O) groups excluding carboxylic acids is 1. The predicted molar refractivity (Wildman–Crippen MR) is 78.1 cm³/mol. The summed E-state index contributed by atoms with van der Waals surface area (Å²) in [5.41, 5.74) is 1.93. The average Bonchev–Trinajstić information content (AvgIpc) is 3.05. The van der Waals surface area contributed by atoms with Crippen molar-refractivity contribution in [2.45, 2.75) is 19.6 Å². The van der Waals surface area contributed by atoms with Gasteiger partial charge in [-0.2, -0.15) is 5.10 Å². The Morgan fingerprint density at radius 3 is 2.71 bits per heavy atom. The maximum atomic E-state index is 11.6. The van der Waals surface area contributed by atoms with Crippen LogP contribution in [0.25, 0.3) is 5.69 Å². The van der Waals surface area contributed by atoms with Gasteiger partial charge in [0.2, 0.25) is 0 Å². The second-order valence-corrected chi connectivity index (χ2v) is 4.62. The Morgan fingerprint density at radius 1 is 1.33 bits per heavy atom. The maximum absolute atomic E-state index is 11.6. The topological polar surface area (TPSA) is 81.1 Å². The lowest BCUT2D eigenvalue weighted by atomic mass is 10.2. The summed E-state index contributed by atoms with van der Waals surface area (Å²) in [6.07, 6.45) is 3.12. The molecule has 0 aliphatic heterocycles. The highest BCUT2D eigenvalue weighted by molar-refractivity contribution is 5.73. The van der Waals surface area contributed by atoms with Crippen LogP contribution in [0.2, 0.25) is 0 Å². The van der Waals surface area contributed by atoms with E-state index in [4.69, 9.17) is 4.74 Å². The summed E-state index contributed by atoms with van der Waals surface area (Å²) in [7, 11) is 1.61. The van der Waals surface area contributed by atoms with Gasteiger partial charge in [0.1, 0.15) is 12.7 Å². The van der Waals surface area contributed by atoms with Crippen molar-refractivity contribution >= 4 is 6.03 Å². The summed E-state index contributed by atoms with van der Waals surface area (Å²) >= 11 is 0. The second kappa shape index (κ2) is 7.39. The molecule has 0 bridgehead atoms. The average molecular weight is 289 g/mol. The van der Waals surface area contributed by atoms with Crippen LogP contribution in [0.15, 0.2) is 36.9 Å². The molecule has 21 heavy (non-hydrogen) atoms. The zero-order chi connectivity index (χ0) is 15.1. The van der Waals surface area contributed by atoms with E-state index >= 15 is 0 Å². The molecule has 2 aromatic rings. The third kappa shape index (κ3) is 4.57. The molecule has 1 aromatic heterocycles. The van der Waals surface area contributed by atoms with Crippen LogP contribution >= 0.6 is 0 Å². The molecule has 0 spiro atoms. The number of benzene rings is 1. The first kappa shape index (κ1) is 15.0. The van der Waals surface area contributed by atoms with Crippen LogP contribution in [-0.4, -0.2) is 40.6 Å². The van der Waals surface area contributed by atoms with Crippen LogP contribution in [0.3, 0.4) is 0 Å². The fourth-order valence-corrected chi connectivity index (χ4v) is 1.67. The van der Waals surface area contributed by atoms with Crippen LogP contribution in [-0.2, 0) is 11.3 Å². The van der Waals surface area contributed by atoms with E-state index in [0.717, 1.165) is 11.3 Å².